The second-order valence-corrected chi connectivity index (χ2v) is 7.01. The van der Waals surface area contributed by atoms with Crippen LogP contribution < -0.4 is 5.43 Å². The van der Waals surface area contributed by atoms with Gasteiger partial charge in [0.05, 0.1) is 17.5 Å². The molecule has 0 bridgehead atoms. The zero-order chi connectivity index (χ0) is 17.0. The second kappa shape index (κ2) is 7.06. The number of carbonyl (C=O) groups is 1. The highest BCUT2D eigenvalue weighted by Crippen LogP contribution is 2.19. The van der Waals surface area contributed by atoms with Crippen molar-refractivity contribution >= 4 is 50.6 Å². The van der Waals surface area contributed by atoms with Crippen molar-refractivity contribution in [1.29, 1.82) is 0 Å². The minimum atomic E-state index is -4.37. The first-order valence-electron chi connectivity index (χ1n) is 6.17. The fourth-order valence-corrected chi connectivity index (χ4v) is 2.94. The molecule has 0 aliphatic carbocycles. The van der Waals surface area contributed by atoms with Crippen LogP contribution >= 0.6 is 22.6 Å². The maximum atomic E-state index is 11.3. The number of anilines is 1. The molecule has 2 aromatic rings. The molecule has 9 heteroatoms. The van der Waals surface area contributed by atoms with Crippen LogP contribution in [0.15, 0.2) is 52.5 Å². The van der Waals surface area contributed by atoms with Crippen molar-refractivity contribution in [3.05, 3.63) is 57.2 Å². The summed E-state index contributed by atoms with van der Waals surface area (Å²) in [6.07, 6.45) is 1.19. The Labute approximate surface area is 145 Å². The molecule has 120 valence electrons. The summed E-state index contributed by atoms with van der Waals surface area (Å²) in [6, 6.07) is 10.5. The average molecular weight is 446 g/mol. The lowest BCUT2D eigenvalue weighted by molar-refractivity contribution is 0.0698. The van der Waals surface area contributed by atoms with Gasteiger partial charge in [0.15, 0.2) is 0 Å². The molecule has 2 aromatic carbocycles. The van der Waals surface area contributed by atoms with Gasteiger partial charge in [-0.3, -0.25) is 9.98 Å². The highest BCUT2D eigenvalue weighted by Gasteiger charge is 2.13. The molecule has 0 aromatic heterocycles. The van der Waals surface area contributed by atoms with E-state index in [0.29, 0.717) is 0 Å². The SMILES string of the molecule is O=C(O)c1cc(I)ccc1N/N=C/c1ccccc1S(=O)(=O)O. The van der Waals surface area contributed by atoms with Crippen LogP contribution in [0.2, 0.25) is 0 Å². The maximum Gasteiger partial charge on any atom is 0.337 e. The zero-order valence-corrected chi connectivity index (χ0v) is 14.4. The number of nitrogens with one attached hydrogen (secondary N) is 1. The Kier molecular flexibility index (Phi) is 5.34. The van der Waals surface area contributed by atoms with Crippen LogP contribution in [-0.4, -0.2) is 30.3 Å². The molecule has 0 atom stereocenters. The van der Waals surface area contributed by atoms with E-state index < -0.39 is 16.1 Å². The van der Waals surface area contributed by atoms with Gasteiger partial charge in [-0.05, 0) is 46.9 Å². The van der Waals surface area contributed by atoms with E-state index in [4.69, 9.17) is 9.66 Å². The van der Waals surface area contributed by atoms with E-state index >= 15 is 0 Å². The molecular formula is C14H11IN2O5S. The van der Waals surface area contributed by atoms with Crippen molar-refractivity contribution in [2.75, 3.05) is 5.43 Å². The Morgan fingerprint density at radius 1 is 1.22 bits per heavy atom. The third-order valence-corrected chi connectivity index (χ3v) is 4.40. The lowest BCUT2D eigenvalue weighted by Crippen LogP contribution is -2.05. The molecule has 0 aliphatic heterocycles. The number of hydrogen-bond acceptors (Lipinski definition) is 5. The molecule has 2 rings (SSSR count). The number of aromatic carboxylic acids is 1. The van der Waals surface area contributed by atoms with Gasteiger partial charge in [-0.1, -0.05) is 18.2 Å². The third-order valence-electron chi connectivity index (χ3n) is 2.80. The summed E-state index contributed by atoms with van der Waals surface area (Å²) in [5.41, 5.74) is 3.03. The molecule has 0 saturated carbocycles. The van der Waals surface area contributed by atoms with Gasteiger partial charge in [0.25, 0.3) is 10.1 Å². The number of hydrazone groups is 1. The summed E-state index contributed by atoms with van der Waals surface area (Å²) in [7, 11) is -4.37. The van der Waals surface area contributed by atoms with Gasteiger partial charge < -0.3 is 5.11 Å². The van der Waals surface area contributed by atoms with Crippen molar-refractivity contribution in [2.24, 2.45) is 5.10 Å². The molecule has 0 spiro atoms. The standard InChI is InChI=1S/C14H11IN2O5S/c15-10-5-6-12(11(7-10)14(18)19)17-16-8-9-3-1-2-4-13(9)23(20,21)22/h1-8,17H,(H,18,19)(H,20,21,22)/b16-8+. The molecule has 0 saturated heterocycles. The lowest BCUT2D eigenvalue weighted by Gasteiger charge is -2.06. The number of halogens is 1. The van der Waals surface area contributed by atoms with Crippen LogP contribution in [0, 0.1) is 3.57 Å². The Hall–Kier alpha value is -1.98. The van der Waals surface area contributed by atoms with E-state index in [0.717, 1.165) is 3.57 Å². The normalized spacial score (nSPS) is 11.6. The minimum absolute atomic E-state index is 0.0390. The van der Waals surface area contributed by atoms with Crippen molar-refractivity contribution in [3.8, 4) is 0 Å². The Balaban J connectivity index is 2.29. The first kappa shape index (κ1) is 17.4. The molecular weight excluding hydrogens is 435 g/mol. The van der Waals surface area contributed by atoms with Gasteiger partial charge in [0.1, 0.15) is 4.90 Å². The van der Waals surface area contributed by atoms with Crippen LogP contribution in [0.4, 0.5) is 5.69 Å². The highest BCUT2D eigenvalue weighted by molar-refractivity contribution is 14.1. The van der Waals surface area contributed by atoms with Gasteiger partial charge >= 0.3 is 5.97 Å². The summed E-state index contributed by atoms with van der Waals surface area (Å²) in [5, 5.41) is 13.0. The molecule has 0 heterocycles. The Bertz CT molecular complexity index is 880. The maximum absolute atomic E-state index is 11.3. The number of rotatable bonds is 5. The van der Waals surface area contributed by atoms with E-state index in [-0.39, 0.29) is 21.7 Å². The fraction of sp³-hybridized carbons (Fsp3) is 0. The van der Waals surface area contributed by atoms with Gasteiger partial charge in [-0.15, -0.1) is 0 Å². The summed E-state index contributed by atoms with van der Waals surface area (Å²) in [6.45, 7) is 0. The molecule has 0 amide bonds. The molecule has 3 N–H and O–H groups in total. The van der Waals surface area contributed by atoms with Crippen LogP contribution in [0.5, 0.6) is 0 Å². The minimum Gasteiger partial charge on any atom is -0.478 e. The summed E-state index contributed by atoms with van der Waals surface area (Å²) >= 11 is 1.99. The van der Waals surface area contributed by atoms with Crippen molar-refractivity contribution in [2.45, 2.75) is 4.90 Å². The molecule has 23 heavy (non-hydrogen) atoms. The van der Waals surface area contributed by atoms with Gasteiger partial charge in [-0.25, -0.2) is 4.79 Å². The highest BCUT2D eigenvalue weighted by atomic mass is 127. The molecule has 0 unspecified atom stereocenters. The van der Waals surface area contributed by atoms with E-state index in [2.05, 4.69) is 10.5 Å². The number of carboxylic acids is 1. The molecule has 7 nitrogen and oxygen atoms in total. The van der Waals surface area contributed by atoms with Gasteiger partial charge in [0.2, 0.25) is 0 Å². The van der Waals surface area contributed by atoms with Gasteiger partial charge in [0, 0.05) is 9.13 Å². The smallest absolute Gasteiger partial charge is 0.337 e. The van der Waals surface area contributed by atoms with Crippen LogP contribution in [0.25, 0.3) is 0 Å². The first-order chi connectivity index (χ1) is 10.8. The second-order valence-electron chi connectivity index (χ2n) is 4.38. The zero-order valence-electron chi connectivity index (χ0n) is 11.5. The number of hydrogen-bond donors (Lipinski definition) is 3. The van der Waals surface area contributed by atoms with Crippen LogP contribution in [0.1, 0.15) is 15.9 Å². The summed E-state index contributed by atoms with van der Waals surface area (Å²) in [5.74, 6) is -1.11. The predicted octanol–water partition coefficient (Wildman–Crippen LogP) is 2.68. The topological polar surface area (TPSA) is 116 Å². The largest absolute Gasteiger partial charge is 0.478 e. The molecule has 0 aliphatic rings. The van der Waals surface area contributed by atoms with E-state index in [1.54, 1.807) is 18.2 Å². The first-order valence-corrected chi connectivity index (χ1v) is 8.69. The molecule has 0 radical (unpaired) electrons. The summed E-state index contributed by atoms with van der Waals surface area (Å²) < 4.78 is 32.4. The average Bonchev–Trinajstić information content (AvgIpc) is 2.48. The van der Waals surface area contributed by atoms with Gasteiger partial charge in [-0.2, -0.15) is 13.5 Å². The number of nitrogens with zero attached hydrogens (tertiary/aromatic N) is 1. The van der Waals surface area contributed by atoms with E-state index in [9.17, 15) is 13.2 Å². The number of carboxylic acid groups (broad SMARTS) is 1. The molecule has 0 fully saturated rings. The monoisotopic (exact) mass is 446 g/mol. The lowest BCUT2D eigenvalue weighted by atomic mass is 10.2. The third kappa shape index (κ3) is 4.50. The van der Waals surface area contributed by atoms with Crippen molar-refractivity contribution in [3.63, 3.8) is 0 Å². The van der Waals surface area contributed by atoms with Crippen LogP contribution in [0.3, 0.4) is 0 Å². The van der Waals surface area contributed by atoms with Crippen molar-refractivity contribution in [1.82, 2.24) is 0 Å². The van der Waals surface area contributed by atoms with Crippen LogP contribution in [-0.2, 0) is 10.1 Å². The quantitative estimate of drug-likeness (QED) is 0.282. The Morgan fingerprint density at radius 3 is 2.57 bits per heavy atom. The van der Waals surface area contributed by atoms with E-state index in [1.165, 1.54) is 30.5 Å². The summed E-state index contributed by atoms with van der Waals surface area (Å²) in [4.78, 5) is 10.9. The fourth-order valence-electron chi connectivity index (χ4n) is 1.78. The Morgan fingerprint density at radius 2 is 1.91 bits per heavy atom. The van der Waals surface area contributed by atoms with Crippen molar-refractivity contribution < 1.29 is 22.9 Å². The van der Waals surface area contributed by atoms with E-state index in [1.807, 2.05) is 22.6 Å². The predicted molar refractivity (Wildman–Crippen MR) is 93.6 cm³/mol. The number of benzene rings is 2.